The van der Waals surface area contributed by atoms with Crippen molar-refractivity contribution in [1.29, 1.82) is 0 Å². The van der Waals surface area contributed by atoms with Gasteiger partial charge in [-0.05, 0) is 0 Å². The Bertz CT molecular complexity index is 2400. The average molecular weight is 873 g/mol. The molecule has 0 aromatic heterocycles. The quantitative estimate of drug-likeness (QED) is 0.119. The molecule has 8 aliphatic heterocycles. The van der Waals surface area contributed by atoms with Gasteiger partial charge in [0.1, 0.15) is 20.0 Å². The molecule has 12 atom stereocenters. The Morgan fingerprint density at radius 3 is 1.08 bits per heavy atom. The van der Waals surface area contributed by atoms with Crippen molar-refractivity contribution in [2.45, 2.75) is 27.7 Å². The van der Waals surface area contributed by atoms with Crippen LogP contribution in [-0.2, 0) is 81.4 Å². The summed E-state index contributed by atoms with van der Waals surface area (Å²) in [4.78, 5) is 204. The van der Waals surface area contributed by atoms with Crippen molar-refractivity contribution in [2.75, 3.05) is 20.0 Å². The van der Waals surface area contributed by atoms with Crippen molar-refractivity contribution in [3.05, 3.63) is 36.6 Å². The molecule has 0 spiro atoms. The number of hydrogen-bond acceptors (Lipinski definition) is 17. The number of esters is 4. The fourth-order valence-corrected chi connectivity index (χ4v) is 10.2. The zero-order valence-corrected chi connectivity index (χ0v) is 33.7. The van der Waals surface area contributed by atoms with Gasteiger partial charge >= 0.3 is 23.9 Å². The van der Waals surface area contributed by atoms with Crippen LogP contribution in [0.3, 0.4) is 0 Å². The molecule has 8 rings (SSSR count). The Hall–Kier alpha value is -7.33. The maximum absolute atomic E-state index is 14.5. The zero-order chi connectivity index (χ0) is 46.0. The molecule has 11 amide bonds. The summed E-state index contributed by atoms with van der Waals surface area (Å²) in [7, 11) is 0. The van der Waals surface area contributed by atoms with Crippen molar-refractivity contribution in [2.24, 2.45) is 71.0 Å². The van der Waals surface area contributed by atoms with E-state index in [2.05, 4.69) is 6.58 Å². The molecule has 0 aromatic rings. The molecule has 6 saturated heterocycles. The number of carbonyl (C=O) groups excluding carboxylic acids is 15. The molecule has 23 heteroatoms. The molecule has 0 aliphatic carbocycles. The highest BCUT2D eigenvalue weighted by atomic mass is 16.6. The third kappa shape index (κ3) is 6.02. The standard InChI is InChI=1S/C40H36N6O17/c1-13-17(5)41(10-42-18(47)6-7-19(42)48)32(53)22(13)28-29(40(61)63-39(28)60)24-15(3)31(52)45(34(24)55)12-46-35(56)26(27(36(46)57)25-16(4)37(58)62-38(25)59)23-14(2)30(51)44(33(23)54)11-43-20(49)8-9-21(43)50/h6-9,13-16,22-29H,5,10-12H2,1-4H3. The highest BCUT2D eigenvalue weighted by molar-refractivity contribution is 6.17. The molecule has 0 N–H and O–H groups in total. The Morgan fingerprint density at radius 1 is 0.349 bits per heavy atom. The monoisotopic (exact) mass is 872 g/mol. The molecule has 12 unspecified atom stereocenters. The normalized spacial score (nSPS) is 35.9. The maximum Gasteiger partial charge on any atom is 0.318 e. The van der Waals surface area contributed by atoms with Gasteiger partial charge in [0, 0.05) is 47.8 Å². The molecule has 23 nitrogen and oxygen atoms in total. The minimum atomic E-state index is -1.89. The van der Waals surface area contributed by atoms with Gasteiger partial charge in [0.05, 0.1) is 53.3 Å². The van der Waals surface area contributed by atoms with E-state index in [4.69, 9.17) is 9.47 Å². The molecular formula is C40H36N6O17. The Kier molecular flexibility index (Phi) is 9.85. The predicted octanol–water partition coefficient (Wildman–Crippen LogP) is -3.19. The first-order valence-electron chi connectivity index (χ1n) is 19.7. The van der Waals surface area contributed by atoms with Crippen LogP contribution in [0.15, 0.2) is 36.6 Å². The minimum Gasteiger partial charge on any atom is -0.393 e. The Morgan fingerprint density at radius 2 is 0.651 bits per heavy atom. The highest BCUT2D eigenvalue weighted by Crippen LogP contribution is 2.50. The van der Waals surface area contributed by atoms with Crippen molar-refractivity contribution in [3.63, 3.8) is 0 Å². The first-order valence-corrected chi connectivity index (χ1v) is 19.7. The molecule has 0 aromatic carbocycles. The van der Waals surface area contributed by atoms with Crippen LogP contribution >= 0.6 is 0 Å². The zero-order valence-electron chi connectivity index (χ0n) is 33.7. The van der Waals surface area contributed by atoms with Crippen LogP contribution in [0.1, 0.15) is 27.7 Å². The van der Waals surface area contributed by atoms with Crippen LogP contribution in [-0.4, -0.2) is 138 Å². The minimum absolute atomic E-state index is 0.0687. The molecule has 0 radical (unpaired) electrons. The fourth-order valence-electron chi connectivity index (χ4n) is 10.2. The molecule has 0 saturated carbocycles. The van der Waals surface area contributed by atoms with Crippen LogP contribution in [0.4, 0.5) is 0 Å². The lowest BCUT2D eigenvalue weighted by Gasteiger charge is -2.26. The van der Waals surface area contributed by atoms with Crippen LogP contribution in [0.2, 0.25) is 0 Å². The van der Waals surface area contributed by atoms with Crippen molar-refractivity contribution in [3.8, 4) is 0 Å². The summed E-state index contributed by atoms with van der Waals surface area (Å²) in [5, 5.41) is 0. The number of rotatable bonds is 10. The van der Waals surface area contributed by atoms with E-state index in [1.54, 1.807) is 0 Å². The largest absolute Gasteiger partial charge is 0.393 e. The third-order valence-electron chi connectivity index (χ3n) is 13.7. The predicted molar refractivity (Wildman–Crippen MR) is 195 cm³/mol. The van der Waals surface area contributed by atoms with Gasteiger partial charge in [-0.1, -0.05) is 34.3 Å². The second-order valence-electron chi connectivity index (χ2n) is 16.7. The van der Waals surface area contributed by atoms with E-state index >= 15 is 0 Å². The van der Waals surface area contributed by atoms with E-state index in [1.807, 2.05) is 0 Å². The van der Waals surface area contributed by atoms with Gasteiger partial charge in [0.15, 0.2) is 0 Å². The third-order valence-corrected chi connectivity index (χ3v) is 13.7. The van der Waals surface area contributed by atoms with E-state index in [0.717, 1.165) is 34.1 Å². The summed E-state index contributed by atoms with van der Waals surface area (Å²) in [5.74, 6) is -34.4. The van der Waals surface area contributed by atoms with E-state index in [0.29, 0.717) is 19.6 Å². The van der Waals surface area contributed by atoms with Gasteiger partial charge in [-0.3, -0.25) is 101 Å². The van der Waals surface area contributed by atoms with Gasteiger partial charge in [-0.25, -0.2) is 0 Å². The number of nitrogens with zero attached hydrogens (tertiary/aromatic N) is 6. The highest BCUT2D eigenvalue weighted by Gasteiger charge is 2.67. The lowest BCUT2D eigenvalue weighted by atomic mass is 9.70. The smallest absolute Gasteiger partial charge is 0.318 e. The number of cyclic esters (lactones) is 4. The Balaban J connectivity index is 1.08. The summed E-state index contributed by atoms with van der Waals surface area (Å²) in [6.45, 7) is 6.49. The second kappa shape index (κ2) is 14.7. The van der Waals surface area contributed by atoms with Crippen molar-refractivity contribution in [1.82, 2.24) is 29.4 Å². The number of imide groups is 5. The van der Waals surface area contributed by atoms with Gasteiger partial charge < -0.3 is 9.47 Å². The number of allylic oxidation sites excluding steroid dienone is 1. The molecule has 8 heterocycles. The molecule has 8 aliphatic rings. The van der Waals surface area contributed by atoms with E-state index in [9.17, 15) is 71.9 Å². The first kappa shape index (κ1) is 42.4. The van der Waals surface area contributed by atoms with Crippen LogP contribution in [0, 0.1) is 71.0 Å². The number of amides is 11. The molecule has 328 valence electrons. The average Bonchev–Trinajstić information content (AvgIpc) is 4.05. The van der Waals surface area contributed by atoms with Crippen molar-refractivity contribution < 1.29 is 81.4 Å². The molecule has 0 bridgehead atoms. The van der Waals surface area contributed by atoms with Gasteiger partial charge in [-0.15, -0.1) is 0 Å². The summed E-state index contributed by atoms with van der Waals surface area (Å²) in [6, 6.07) is 0. The first-order chi connectivity index (χ1) is 29.6. The molecule has 6 fully saturated rings. The lowest BCUT2D eigenvalue weighted by molar-refractivity contribution is -0.157. The molecule has 63 heavy (non-hydrogen) atoms. The topological polar surface area (TPSA) is 294 Å². The SMILES string of the molecule is C=C1C(C)C(C2C(=O)OC(=O)C2C2C(=O)N(CN3C(=O)C(C4C(=O)OC(=O)C4C)C(C4C(=O)N(CN5C(=O)C=CC5=O)C(=O)C4C)C3=O)C(=O)C2C)C(=O)N1CN1C(=O)C=CC1=O. The summed E-state index contributed by atoms with van der Waals surface area (Å²) in [6.07, 6.45) is 3.80. The van der Waals surface area contributed by atoms with Crippen molar-refractivity contribution >= 4 is 88.9 Å². The number of carbonyl (C=O) groups is 15. The van der Waals surface area contributed by atoms with Crippen LogP contribution < -0.4 is 0 Å². The lowest BCUT2D eigenvalue weighted by Crippen LogP contribution is -2.47. The number of hydrogen-bond donors (Lipinski definition) is 0. The summed E-state index contributed by atoms with van der Waals surface area (Å²) >= 11 is 0. The summed E-state index contributed by atoms with van der Waals surface area (Å²) < 4.78 is 9.72. The van der Waals surface area contributed by atoms with Gasteiger partial charge in [0.2, 0.25) is 41.4 Å². The van der Waals surface area contributed by atoms with Crippen LogP contribution in [0.25, 0.3) is 0 Å². The second-order valence-corrected chi connectivity index (χ2v) is 16.7. The Labute approximate surface area is 354 Å². The van der Waals surface area contributed by atoms with E-state index in [1.165, 1.54) is 27.7 Å². The number of likely N-dealkylation sites (tertiary alicyclic amines) is 4. The summed E-state index contributed by atoms with van der Waals surface area (Å²) in [5.41, 5.74) is 0.0687. The number of ether oxygens (including phenoxy) is 2. The fraction of sp³-hybridized carbons (Fsp3) is 0.475. The van der Waals surface area contributed by atoms with Gasteiger partial charge in [-0.2, -0.15) is 0 Å². The maximum atomic E-state index is 14.5. The van der Waals surface area contributed by atoms with Gasteiger partial charge in [0.25, 0.3) is 23.6 Å². The van der Waals surface area contributed by atoms with Crippen LogP contribution in [0.5, 0.6) is 0 Å². The van der Waals surface area contributed by atoms with E-state index < -0.39 is 180 Å². The molecular weight excluding hydrogens is 836 g/mol. The van der Waals surface area contributed by atoms with E-state index in [-0.39, 0.29) is 5.70 Å².